The number of halogens is 1. The molecule has 0 bridgehead atoms. The topological polar surface area (TPSA) is 55.0 Å². The Morgan fingerprint density at radius 3 is 2.27 bits per heavy atom. The molecule has 5 heteroatoms. The van der Waals surface area contributed by atoms with Gasteiger partial charge in [-0.1, -0.05) is 18.2 Å². The standard InChI is InChI=1S/C17H13IN2O2/c1-11(21)16-15(18)17(20-19-16)12-7-9-14(10-8-12)22-13-5-3-2-4-6-13/h2-10H,1H3,(H,19,20). The Kier molecular flexibility index (Phi) is 4.24. The molecule has 0 saturated heterocycles. The van der Waals surface area contributed by atoms with Crippen molar-refractivity contribution in [2.75, 3.05) is 0 Å². The van der Waals surface area contributed by atoms with Crippen LogP contribution < -0.4 is 4.74 Å². The van der Waals surface area contributed by atoms with E-state index in [4.69, 9.17) is 4.74 Å². The van der Waals surface area contributed by atoms with E-state index in [0.29, 0.717) is 5.69 Å². The molecule has 0 radical (unpaired) electrons. The third kappa shape index (κ3) is 3.04. The van der Waals surface area contributed by atoms with Gasteiger partial charge in [0, 0.05) is 12.5 Å². The summed E-state index contributed by atoms with van der Waals surface area (Å²) in [5.41, 5.74) is 2.26. The lowest BCUT2D eigenvalue weighted by Gasteiger charge is -2.06. The van der Waals surface area contributed by atoms with Crippen LogP contribution in [0.15, 0.2) is 54.6 Å². The second-order valence-corrected chi connectivity index (χ2v) is 5.84. The molecule has 0 aliphatic heterocycles. The summed E-state index contributed by atoms with van der Waals surface area (Å²) in [5.74, 6) is 1.53. The van der Waals surface area contributed by atoms with E-state index in [1.807, 2.05) is 54.6 Å². The van der Waals surface area contributed by atoms with Crippen LogP contribution in [0.5, 0.6) is 11.5 Å². The normalized spacial score (nSPS) is 10.5. The van der Waals surface area contributed by atoms with Crippen molar-refractivity contribution in [2.24, 2.45) is 0 Å². The van der Waals surface area contributed by atoms with Gasteiger partial charge in [-0.15, -0.1) is 0 Å². The minimum Gasteiger partial charge on any atom is -0.457 e. The van der Waals surface area contributed by atoms with Gasteiger partial charge in [-0.3, -0.25) is 9.89 Å². The molecule has 1 heterocycles. The highest BCUT2D eigenvalue weighted by Crippen LogP contribution is 2.28. The van der Waals surface area contributed by atoms with Crippen molar-refractivity contribution >= 4 is 28.4 Å². The molecule has 1 N–H and O–H groups in total. The fraction of sp³-hybridized carbons (Fsp3) is 0.0588. The van der Waals surface area contributed by atoms with Crippen LogP contribution in [0.3, 0.4) is 0 Å². The lowest BCUT2D eigenvalue weighted by atomic mass is 10.1. The van der Waals surface area contributed by atoms with Gasteiger partial charge >= 0.3 is 0 Å². The number of H-pyrrole nitrogens is 1. The van der Waals surface area contributed by atoms with E-state index < -0.39 is 0 Å². The first-order chi connectivity index (χ1) is 10.6. The van der Waals surface area contributed by atoms with Crippen molar-refractivity contribution in [3.63, 3.8) is 0 Å². The number of ketones is 1. The van der Waals surface area contributed by atoms with E-state index in [0.717, 1.165) is 26.3 Å². The van der Waals surface area contributed by atoms with Crippen LogP contribution in [0.2, 0.25) is 0 Å². The minimum absolute atomic E-state index is 0.0211. The molecule has 3 rings (SSSR count). The van der Waals surface area contributed by atoms with Gasteiger partial charge in [-0.2, -0.15) is 5.10 Å². The van der Waals surface area contributed by atoms with Crippen molar-refractivity contribution in [1.82, 2.24) is 10.2 Å². The highest BCUT2D eigenvalue weighted by molar-refractivity contribution is 14.1. The van der Waals surface area contributed by atoms with Crippen LogP contribution in [0.4, 0.5) is 0 Å². The average molecular weight is 404 g/mol. The number of carbonyl (C=O) groups is 1. The Morgan fingerprint density at radius 2 is 1.68 bits per heavy atom. The first kappa shape index (κ1) is 14.8. The Morgan fingerprint density at radius 1 is 1.05 bits per heavy atom. The smallest absolute Gasteiger partial charge is 0.178 e. The zero-order valence-corrected chi connectivity index (χ0v) is 14.0. The summed E-state index contributed by atoms with van der Waals surface area (Å²) in [6.07, 6.45) is 0. The van der Waals surface area contributed by atoms with Crippen molar-refractivity contribution in [3.8, 4) is 22.8 Å². The molecule has 0 fully saturated rings. The fourth-order valence-corrected chi connectivity index (χ4v) is 2.99. The van der Waals surface area contributed by atoms with Crippen LogP contribution in [-0.4, -0.2) is 16.0 Å². The lowest BCUT2D eigenvalue weighted by Crippen LogP contribution is -1.94. The van der Waals surface area contributed by atoms with Gasteiger partial charge in [-0.25, -0.2) is 0 Å². The number of benzene rings is 2. The molecule has 0 saturated carbocycles. The van der Waals surface area contributed by atoms with Gasteiger partial charge < -0.3 is 4.74 Å². The van der Waals surface area contributed by atoms with E-state index in [2.05, 4.69) is 32.8 Å². The third-order valence-corrected chi connectivity index (χ3v) is 4.22. The van der Waals surface area contributed by atoms with Gasteiger partial charge in [0.1, 0.15) is 22.9 Å². The number of hydrogen-bond donors (Lipinski definition) is 1. The van der Waals surface area contributed by atoms with Crippen molar-refractivity contribution in [3.05, 3.63) is 63.9 Å². The van der Waals surface area contributed by atoms with Gasteiger partial charge in [0.2, 0.25) is 0 Å². The maximum Gasteiger partial charge on any atom is 0.178 e. The molecular formula is C17H13IN2O2. The Labute approximate surface area is 141 Å². The molecule has 0 spiro atoms. The molecule has 1 aromatic heterocycles. The van der Waals surface area contributed by atoms with Crippen LogP contribution in [0.1, 0.15) is 17.4 Å². The van der Waals surface area contributed by atoms with E-state index in [9.17, 15) is 4.79 Å². The number of nitrogens with one attached hydrogen (secondary N) is 1. The molecule has 3 aromatic rings. The zero-order chi connectivity index (χ0) is 15.5. The highest BCUT2D eigenvalue weighted by atomic mass is 127. The highest BCUT2D eigenvalue weighted by Gasteiger charge is 2.15. The minimum atomic E-state index is -0.0211. The Balaban J connectivity index is 1.84. The molecule has 110 valence electrons. The second kappa shape index (κ2) is 6.31. The first-order valence-corrected chi connectivity index (χ1v) is 7.81. The van der Waals surface area contributed by atoms with Crippen LogP contribution in [0, 0.1) is 3.57 Å². The number of nitrogens with zero attached hydrogens (tertiary/aromatic N) is 1. The van der Waals surface area contributed by atoms with Crippen LogP contribution >= 0.6 is 22.6 Å². The number of hydrogen-bond acceptors (Lipinski definition) is 3. The maximum atomic E-state index is 11.5. The number of ether oxygens (including phenoxy) is 1. The summed E-state index contributed by atoms with van der Waals surface area (Å²) < 4.78 is 6.59. The second-order valence-electron chi connectivity index (χ2n) is 4.76. The number of Topliss-reactive ketones (excluding diaryl/α,β-unsaturated/α-hetero) is 1. The number of carbonyl (C=O) groups excluding carboxylic acids is 1. The molecule has 22 heavy (non-hydrogen) atoms. The molecule has 0 aliphatic carbocycles. The van der Waals surface area contributed by atoms with E-state index in [1.54, 1.807) is 0 Å². The summed E-state index contributed by atoms with van der Waals surface area (Å²) in [6, 6.07) is 17.3. The number of aromatic nitrogens is 2. The quantitative estimate of drug-likeness (QED) is 0.508. The maximum absolute atomic E-state index is 11.5. The van der Waals surface area contributed by atoms with E-state index in [1.165, 1.54) is 6.92 Å². The van der Waals surface area contributed by atoms with Gasteiger partial charge in [-0.05, 0) is 59.0 Å². The Hall–Kier alpha value is -2.15. The number of para-hydroxylation sites is 1. The summed E-state index contributed by atoms with van der Waals surface area (Å²) in [5, 5.41) is 7.01. The van der Waals surface area contributed by atoms with Crippen LogP contribution in [-0.2, 0) is 0 Å². The number of aromatic amines is 1. The van der Waals surface area contributed by atoms with Crippen molar-refractivity contribution < 1.29 is 9.53 Å². The third-order valence-electron chi connectivity index (χ3n) is 3.17. The molecule has 2 aromatic carbocycles. The molecular weight excluding hydrogens is 391 g/mol. The van der Waals surface area contributed by atoms with Gasteiger partial charge in [0.25, 0.3) is 0 Å². The number of rotatable bonds is 4. The van der Waals surface area contributed by atoms with Gasteiger partial charge in [0.15, 0.2) is 5.78 Å². The molecule has 0 aliphatic rings. The molecule has 0 amide bonds. The summed E-state index contributed by atoms with van der Waals surface area (Å²) in [4.78, 5) is 11.5. The van der Waals surface area contributed by atoms with Crippen molar-refractivity contribution in [2.45, 2.75) is 6.92 Å². The van der Waals surface area contributed by atoms with Gasteiger partial charge in [0.05, 0.1) is 3.57 Å². The fourth-order valence-electron chi connectivity index (χ4n) is 2.06. The monoisotopic (exact) mass is 404 g/mol. The zero-order valence-electron chi connectivity index (χ0n) is 11.8. The SMILES string of the molecule is CC(=O)c1[nH]nc(-c2ccc(Oc3ccccc3)cc2)c1I. The van der Waals surface area contributed by atoms with Crippen molar-refractivity contribution in [1.29, 1.82) is 0 Å². The molecule has 0 atom stereocenters. The summed E-state index contributed by atoms with van der Waals surface area (Å²) >= 11 is 2.14. The first-order valence-electron chi connectivity index (χ1n) is 6.73. The molecule has 4 nitrogen and oxygen atoms in total. The van der Waals surface area contributed by atoms with E-state index >= 15 is 0 Å². The largest absolute Gasteiger partial charge is 0.457 e. The lowest BCUT2D eigenvalue weighted by molar-refractivity contribution is 0.101. The van der Waals surface area contributed by atoms with E-state index in [-0.39, 0.29) is 5.78 Å². The predicted octanol–water partition coefficient (Wildman–Crippen LogP) is 4.68. The summed E-state index contributed by atoms with van der Waals surface area (Å²) in [7, 11) is 0. The van der Waals surface area contributed by atoms with Crippen LogP contribution in [0.25, 0.3) is 11.3 Å². The average Bonchev–Trinajstić information content (AvgIpc) is 2.91. The summed E-state index contributed by atoms with van der Waals surface area (Å²) in [6.45, 7) is 1.52. The predicted molar refractivity (Wildman–Crippen MR) is 93.3 cm³/mol. The molecule has 0 unspecified atom stereocenters. The Bertz CT molecular complexity index is 795.